The van der Waals surface area contributed by atoms with E-state index in [-0.39, 0.29) is 23.7 Å². The van der Waals surface area contributed by atoms with E-state index < -0.39 is 0 Å². The van der Waals surface area contributed by atoms with Crippen LogP contribution in [-0.4, -0.2) is 24.4 Å². The molecule has 0 bridgehead atoms. The smallest absolute Gasteiger partial charge is 0.223 e. The first kappa shape index (κ1) is 11.1. The number of carbonyl (C=O) groups excluding carboxylic acids is 1. The largest absolute Gasteiger partial charge is 0.338 e. The fourth-order valence-corrected chi connectivity index (χ4v) is 2.34. The van der Waals surface area contributed by atoms with Crippen LogP contribution in [0.15, 0.2) is 24.3 Å². The van der Waals surface area contributed by atoms with Crippen molar-refractivity contribution in [1.29, 1.82) is 0 Å². The maximum atomic E-state index is 13.7. The molecule has 0 aromatic heterocycles. The molecule has 2 N–H and O–H groups in total. The van der Waals surface area contributed by atoms with Crippen molar-refractivity contribution in [3.63, 3.8) is 0 Å². The van der Waals surface area contributed by atoms with Crippen LogP contribution in [0.3, 0.4) is 0 Å². The number of halogens is 1. The predicted molar refractivity (Wildman–Crippen MR) is 59.1 cm³/mol. The minimum absolute atomic E-state index is 0.00870. The molecule has 0 radical (unpaired) electrons. The molecule has 1 saturated heterocycles. The Hall–Kier alpha value is -1.42. The molecule has 4 heteroatoms. The number of nitrogens with two attached hydrogens (primary N) is 1. The maximum absolute atomic E-state index is 13.7. The van der Waals surface area contributed by atoms with Crippen LogP contribution in [-0.2, 0) is 4.79 Å². The van der Waals surface area contributed by atoms with Crippen molar-refractivity contribution in [3.05, 3.63) is 35.6 Å². The zero-order valence-corrected chi connectivity index (χ0v) is 9.19. The molecule has 86 valence electrons. The van der Waals surface area contributed by atoms with Gasteiger partial charge in [0.05, 0.1) is 6.04 Å². The van der Waals surface area contributed by atoms with Gasteiger partial charge in [0.1, 0.15) is 5.82 Å². The number of benzene rings is 1. The van der Waals surface area contributed by atoms with Crippen molar-refractivity contribution in [1.82, 2.24) is 4.90 Å². The molecule has 0 aliphatic carbocycles. The Morgan fingerprint density at radius 1 is 1.50 bits per heavy atom. The van der Waals surface area contributed by atoms with Gasteiger partial charge in [0.2, 0.25) is 5.91 Å². The summed E-state index contributed by atoms with van der Waals surface area (Å²) < 4.78 is 13.7. The monoisotopic (exact) mass is 222 g/mol. The van der Waals surface area contributed by atoms with Gasteiger partial charge in [-0.1, -0.05) is 18.2 Å². The van der Waals surface area contributed by atoms with Crippen LogP contribution in [0.2, 0.25) is 0 Å². The third kappa shape index (κ3) is 1.69. The van der Waals surface area contributed by atoms with Gasteiger partial charge in [-0.2, -0.15) is 0 Å². The lowest BCUT2D eigenvalue weighted by Gasteiger charge is -2.24. The molecule has 1 fully saturated rings. The van der Waals surface area contributed by atoms with E-state index in [1.54, 1.807) is 30.1 Å². The highest BCUT2D eigenvalue weighted by molar-refractivity contribution is 5.79. The van der Waals surface area contributed by atoms with E-state index >= 15 is 0 Å². The summed E-state index contributed by atoms with van der Waals surface area (Å²) in [5.74, 6) is -0.231. The number of amides is 1. The second-order valence-electron chi connectivity index (χ2n) is 4.17. The normalized spacial score (nSPS) is 25.2. The average Bonchev–Trinajstić information content (AvgIpc) is 2.56. The van der Waals surface area contributed by atoms with Crippen molar-refractivity contribution in [2.45, 2.75) is 12.5 Å². The molecule has 2 rings (SSSR count). The minimum Gasteiger partial charge on any atom is -0.338 e. The van der Waals surface area contributed by atoms with Crippen LogP contribution in [0, 0.1) is 11.7 Å². The molecule has 1 heterocycles. The summed E-state index contributed by atoms with van der Waals surface area (Å²) in [4.78, 5) is 13.2. The van der Waals surface area contributed by atoms with E-state index in [9.17, 15) is 9.18 Å². The zero-order valence-electron chi connectivity index (χ0n) is 9.19. The Balaban J connectivity index is 2.39. The van der Waals surface area contributed by atoms with E-state index in [2.05, 4.69) is 0 Å². The zero-order chi connectivity index (χ0) is 11.7. The Morgan fingerprint density at radius 3 is 2.81 bits per heavy atom. The summed E-state index contributed by atoms with van der Waals surface area (Å²) in [6.45, 7) is 0.398. The Kier molecular flexibility index (Phi) is 2.92. The molecule has 1 aromatic rings. The third-order valence-electron chi connectivity index (χ3n) is 3.22. The highest BCUT2D eigenvalue weighted by Crippen LogP contribution is 2.37. The quantitative estimate of drug-likeness (QED) is 0.820. The molecule has 2 unspecified atom stereocenters. The molecule has 0 spiro atoms. The van der Waals surface area contributed by atoms with Crippen LogP contribution < -0.4 is 5.73 Å². The molecule has 0 saturated carbocycles. The Labute approximate surface area is 94.0 Å². The Bertz CT molecular complexity index is 408. The van der Waals surface area contributed by atoms with Crippen LogP contribution >= 0.6 is 0 Å². The van der Waals surface area contributed by atoms with Gasteiger partial charge in [-0.25, -0.2) is 4.39 Å². The number of likely N-dealkylation sites (tertiary alicyclic amines) is 1. The highest BCUT2D eigenvalue weighted by atomic mass is 19.1. The van der Waals surface area contributed by atoms with Gasteiger partial charge in [-0.05, 0) is 12.6 Å². The lowest BCUT2D eigenvalue weighted by Crippen LogP contribution is -2.27. The van der Waals surface area contributed by atoms with E-state index in [0.29, 0.717) is 18.5 Å². The first-order valence-electron chi connectivity index (χ1n) is 5.35. The van der Waals surface area contributed by atoms with Crippen molar-refractivity contribution in [2.24, 2.45) is 11.7 Å². The molecule has 16 heavy (non-hydrogen) atoms. The van der Waals surface area contributed by atoms with Crippen LogP contribution in [0.1, 0.15) is 18.0 Å². The van der Waals surface area contributed by atoms with Gasteiger partial charge in [-0.3, -0.25) is 4.79 Å². The van der Waals surface area contributed by atoms with Crippen molar-refractivity contribution < 1.29 is 9.18 Å². The van der Waals surface area contributed by atoms with Crippen LogP contribution in [0.25, 0.3) is 0 Å². The maximum Gasteiger partial charge on any atom is 0.223 e. The van der Waals surface area contributed by atoms with Gasteiger partial charge >= 0.3 is 0 Å². The van der Waals surface area contributed by atoms with Gasteiger partial charge in [0.25, 0.3) is 0 Å². The summed E-state index contributed by atoms with van der Waals surface area (Å²) in [5.41, 5.74) is 6.20. The van der Waals surface area contributed by atoms with E-state index in [0.717, 1.165) is 0 Å². The highest BCUT2D eigenvalue weighted by Gasteiger charge is 2.38. The van der Waals surface area contributed by atoms with Gasteiger partial charge in [0.15, 0.2) is 0 Å². The average molecular weight is 222 g/mol. The Morgan fingerprint density at radius 2 is 2.19 bits per heavy atom. The number of hydrogen-bond acceptors (Lipinski definition) is 2. The van der Waals surface area contributed by atoms with Gasteiger partial charge in [0, 0.05) is 24.9 Å². The summed E-state index contributed by atoms with van der Waals surface area (Å²) in [6, 6.07) is 6.34. The summed E-state index contributed by atoms with van der Waals surface area (Å²) in [5, 5.41) is 0. The first-order chi connectivity index (χ1) is 7.65. The lowest BCUT2D eigenvalue weighted by atomic mass is 9.93. The first-order valence-corrected chi connectivity index (χ1v) is 5.35. The number of hydrogen-bond donors (Lipinski definition) is 1. The molecular weight excluding hydrogens is 207 g/mol. The second-order valence-corrected chi connectivity index (χ2v) is 4.17. The fourth-order valence-electron chi connectivity index (χ4n) is 2.34. The summed E-state index contributed by atoms with van der Waals surface area (Å²) in [7, 11) is 1.70. The lowest BCUT2D eigenvalue weighted by molar-refractivity contribution is -0.127. The van der Waals surface area contributed by atoms with Crippen molar-refractivity contribution in [2.75, 3.05) is 13.6 Å². The minimum atomic E-state index is -0.271. The molecule has 1 amide bonds. The number of nitrogens with zero attached hydrogens (tertiary/aromatic N) is 1. The second kappa shape index (κ2) is 4.22. The van der Waals surface area contributed by atoms with E-state index in [4.69, 9.17) is 5.73 Å². The molecule has 3 nitrogen and oxygen atoms in total. The fraction of sp³-hybridized carbons (Fsp3) is 0.417. The molecule has 1 aliphatic rings. The number of rotatable bonds is 2. The van der Waals surface area contributed by atoms with E-state index in [1.807, 2.05) is 0 Å². The van der Waals surface area contributed by atoms with Gasteiger partial charge in [-0.15, -0.1) is 0 Å². The topological polar surface area (TPSA) is 46.3 Å². The van der Waals surface area contributed by atoms with Crippen LogP contribution in [0.5, 0.6) is 0 Å². The molecular formula is C12H15FN2O. The SMILES string of the molecule is CN1C(=O)CC(CN)C1c1ccccc1F. The standard InChI is InChI=1S/C12H15FN2O/c1-15-11(16)6-8(7-14)12(15)9-4-2-3-5-10(9)13/h2-5,8,12H,6-7,14H2,1H3. The molecule has 1 aromatic carbocycles. The van der Waals surface area contributed by atoms with E-state index in [1.165, 1.54) is 6.07 Å². The molecule has 2 atom stereocenters. The third-order valence-corrected chi connectivity index (χ3v) is 3.22. The van der Waals surface area contributed by atoms with Crippen molar-refractivity contribution >= 4 is 5.91 Å². The summed E-state index contributed by atoms with van der Waals surface area (Å²) in [6.07, 6.45) is 0.409. The van der Waals surface area contributed by atoms with Gasteiger partial charge < -0.3 is 10.6 Å². The van der Waals surface area contributed by atoms with Crippen LogP contribution in [0.4, 0.5) is 4.39 Å². The summed E-state index contributed by atoms with van der Waals surface area (Å²) >= 11 is 0. The number of carbonyl (C=O) groups is 1. The predicted octanol–water partition coefficient (Wildman–Crippen LogP) is 1.30. The molecule has 1 aliphatic heterocycles. The van der Waals surface area contributed by atoms with Crippen molar-refractivity contribution in [3.8, 4) is 0 Å².